The van der Waals surface area contributed by atoms with E-state index in [4.69, 9.17) is 0 Å². The van der Waals surface area contributed by atoms with Crippen LogP contribution < -0.4 is 5.32 Å². The maximum Gasteiger partial charge on any atom is 0.0835 e. The van der Waals surface area contributed by atoms with E-state index in [9.17, 15) is 0 Å². The molecule has 0 saturated heterocycles. The number of nitrogens with zero attached hydrogens (tertiary/aromatic N) is 3. The van der Waals surface area contributed by atoms with Crippen molar-refractivity contribution in [3.8, 4) is 5.69 Å². The number of rotatable bonds is 4. The van der Waals surface area contributed by atoms with Crippen LogP contribution in [0, 0.1) is 13.8 Å². The molecule has 0 atom stereocenters. The van der Waals surface area contributed by atoms with Crippen LogP contribution in [-0.4, -0.2) is 21.3 Å². The summed E-state index contributed by atoms with van der Waals surface area (Å²) in [4.78, 5) is 4.28. The molecule has 18 heavy (non-hydrogen) atoms. The summed E-state index contributed by atoms with van der Waals surface area (Å²) < 4.78 is 2.97. The summed E-state index contributed by atoms with van der Waals surface area (Å²) in [6.45, 7) is 7.91. The number of hydrogen-bond acceptors (Lipinski definition) is 3. The van der Waals surface area contributed by atoms with Crippen LogP contribution in [0.1, 0.15) is 23.9 Å². The smallest absolute Gasteiger partial charge is 0.0835 e. The highest BCUT2D eigenvalue weighted by Gasteiger charge is 2.10. The zero-order valence-electron chi connectivity index (χ0n) is 10.9. The molecule has 0 spiro atoms. The van der Waals surface area contributed by atoms with E-state index in [1.165, 1.54) is 0 Å². The summed E-state index contributed by atoms with van der Waals surface area (Å²) in [5.74, 6) is 0. The van der Waals surface area contributed by atoms with Crippen LogP contribution >= 0.6 is 15.9 Å². The molecular weight excluding hydrogens is 292 g/mol. The molecule has 2 rings (SSSR count). The highest BCUT2D eigenvalue weighted by molar-refractivity contribution is 9.10. The van der Waals surface area contributed by atoms with Gasteiger partial charge >= 0.3 is 0 Å². The van der Waals surface area contributed by atoms with Crippen molar-refractivity contribution in [1.29, 1.82) is 0 Å². The first-order valence-electron chi connectivity index (χ1n) is 6.00. The van der Waals surface area contributed by atoms with Gasteiger partial charge in [-0.05, 0) is 48.0 Å². The fourth-order valence-corrected chi connectivity index (χ4v) is 2.08. The average Bonchev–Trinajstić information content (AvgIpc) is 2.64. The fourth-order valence-electron chi connectivity index (χ4n) is 1.83. The lowest BCUT2D eigenvalue weighted by Gasteiger charge is -2.07. The first-order chi connectivity index (χ1) is 8.63. The number of pyridine rings is 1. The fraction of sp³-hybridized carbons (Fsp3) is 0.385. The van der Waals surface area contributed by atoms with Crippen LogP contribution in [0.25, 0.3) is 5.69 Å². The van der Waals surface area contributed by atoms with Crippen molar-refractivity contribution >= 4 is 15.9 Å². The van der Waals surface area contributed by atoms with Crippen molar-refractivity contribution in [1.82, 2.24) is 20.1 Å². The van der Waals surface area contributed by atoms with Crippen LogP contribution in [0.3, 0.4) is 0 Å². The molecule has 0 radical (unpaired) electrons. The number of hydrogen-bond donors (Lipinski definition) is 1. The number of aryl methyl sites for hydroxylation is 1. The van der Waals surface area contributed by atoms with E-state index in [0.717, 1.165) is 40.2 Å². The lowest BCUT2D eigenvalue weighted by atomic mass is 10.2. The molecular formula is C13H17BrN4. The Balaban J connectivity index is 2.35. The molecule has 0 amide bonds. The maximum absolute atomic E-state index is 4.51. The van der Waals surface area contributed by atoms with Crippen LogP contribution in [-0.2, 0) is 6.54 Å². The minimum absolute atomic E-state index is 0.831. The quantitative estimate of drug-likeness (QED) is 0.944. The molecule has 5 heteroatoms. The van der Waals surface area contributed by atoms with E-state index in [0.29, 0.717) is 0 Å². The SMILES string of the molecule is CCNCc1cncc(-n2nc(C)c(Br)c2C)c1. The predicted octanol–water partition coefficient (Wildman–Crippen LogP) is 2.76. The zero-order valence-corrected chi connectivity index (χ0v) is 12.5. The Bertz CT molecular complexity index is 548. The van der Waals surface area contributed by atoms with Crippen LogP contribution in [0.15, 0.2) is 22.9 Å². The Kier molecular flexibility index (Phi) is 4.14. The third-order valence-corrected chi connectivity index (χ3v) is 3.95. The molecule has 0 aliphatic rings. The van der Waals surface area contributed by atoms with Crippen molar-refractivity contribution in [2.24, 2.45) is 0 Å². The Morgan fingerprint density at radius 1 is 1.33 bits per heavy atom. The predicted molar refractivity (Wildman–Crippen MR) is 75.9 cm³/mol. The van der Waals surface area contributed by atoms with Crippen molar-refractivity contribution in [2.45, 2.75) is 27.3 Å². The van der Waals surface area contributed by atoms with Gasteiger partial charge in [0.05, 0.1) is 27.7 Å². The molecule has 0 saturated carbocycles. The molecule has 0 unspecified atom stereocenters. The van der Waals surface area contributed by atoms with E-state index in [1.807, 2.05) is 30.9 Å². The molecule has 96 valence electrons. The van der Waals surface area contributed by atoms with Gasteiger partial charge in [-0.25, -0.2) is 4.68 Å². The van der Waals surface area contributed by atoms with Crippen molar-refractivity contribution in [3.63, 3.8) is 0 Å². The van der Waals surface area contributed by atoms with Gasteiger partial charge in [0, 0.05) is 12.7 Å². The number of aromatic nitrogens is 3. The molecule has 2 aromatic heterocycles. The van der Waals surface area contributed by atoms with Gasteiger partial charge in [-0.2, -0.15) is 5.10 Å². The minimum atomic E-state index is 0.831. The van der Waals surface area contributed by atoms with Crippen molar-refractivity contribution in [2.75, 3.05) is 6.54 Å². The molecule has 0 fully saturated rings. The van der Waals surface area contributed by atoms with Gasteiger partial charge in [-0.15, -0.1) is 0 Å². The molecule has 0 aliphatic carbocycles. The van der Waals surface area contributed by atoms with E-state index in [-0.39, 0.29) is 0 Å². The van der Waals surface area contributed by atoms with Crippen molar-refractivity contribution < 1.29 is 0 Å². The van der Waals surface area contributed by atoms with Gasteiger partial charge in [-0.3, -0.25) is 4.98 Å². The number of halogens is 1. The Labute approximate surface area is 116 Å². The highest BCUT2D eigenvalue weighted by atomic mass is 79.9. The third kappa shape index (κ3) is 2.62. The van der Waals surface area contributed by atoms with Crippen LogP contribution in [0.2, 0.25) is 0 Å². The van der Waals surface area contributed by atoms with Gasteiger partial charge in [0.25, 0.3) is 0 Å². The first kappa shape index (κ1) is 13.2. The second kappa shape index (κ2) is 5.63. The van der Waals surface area contributed by atoms with E-state index in [2.05, 4.69) is 44.3 Å². The average molecular weight is 309 g/mol. The summed E-state index contributed by atoms with van der Waals surface area (Å²) in [6, 6.07) is 2.11. The Hall–Kier alpha value is -1.20. The molecule has 2 heterocycles. The van der Waals surface area contributed by atoms with Gasteiger partial charge in [0.15, 0.2) is 0 Å². The zero-order chi connectivity index (χ0) is 13.1. The van der Waals surface area contributed by atoms with Crippen molar-refractivity contribution in [3.05, 3.63) is 39.9 Å². The lowest BCUT2D eigenvalue weighted by Crippen LogP contribution is -2.12. The molecule has 0 aliphatic heterocycles. The monoisotopic (exact) mass is 308 g/mol. The second-order valence-electron chi connectivity index (χ2n) is 4.23. The molecule has 0 bridgehead atoms. The van der Waals surface area contributed by atoms with Gasteiger partial charge in [-0.1, -0.05) is 6.92 Å². The third-order valence-electron chi connectivity index (χ3n) is 2.81. The highest BCUT2D eigenvalue weighted by Crippen LogP contribution is 2.22. The largest absolute Gasteiger partial charge is 0.313 e. The minimum Gasteiger partial charge on any atom is -0.313 e. The first-order valence-corrected chi connectivity index (χ1v) is 6.79. The standard InChI is InChI=1S/C13H17BrN4/c1-4-15-6-11-5-12(8-16-7-11)18-10(3)13(14)9(2)17-18/h5,7-8,15H,4,6H2,1-3H3. The van der Waals surface area contributed by atoms with Gasteiger partial charge in [0.2, 0.25) is 0 Å². The molecule has 0 aromatic carbocycles. The molecule has 1 N–H and O–H groups in total. The maximum atomic E-state index is 4.51. The number of nitrogens with one attached hydrogen (secondary N) is 1. The Morgan fingerprint density at radius 2 is 2.11 bits per heavy atom. The van der Waals surface area contributed by atoms with E-state index >= 15 is 0 Å². The summed E-state index contributed by atoms with van der Waals surface area (Å²) in [6.07, 6.45) is 3.72. The summed E-state index contributed by atoms with van der Waals surface area (Å²) in [5.41, 5.74) is 4.24. The summed E-state index contributed by atoms with van der Waals surface area (Å²) in [7, 11) is 0. The van der Waals surface area contributed by atoms with E-state index in [1.54, 1.807) is 0 Å². The summed E-state index contributed by atoms with van der Waals surface area (Å²) >= 11 is 3.54. The van der Waals surface area contributed by atoms with Gasteiger partial charge in [0.1, 0.15) is 0 Å². The normalized spacial score (nSPS) is 10.9. The summed E-state index contributed by atoms with van der Waals surface area (Å²) in [5, 5.41) is 7.81. The molecule has 2 aromatic rings. The topological polar surface area (TPSA) is 42.7 Å². The van der Waals surface area contributed by atoms with Gasteiger partial charge < -0.3 is 5.32 Å². The lowest BCUT2D eigenvalue weighted by molar-refractivity contribution is 0.721. The second-order valence-corrected chi connectivity index (χ2v) is 5.02. The van der Waals surface area contributed by atoms with Crippen LogP contribution in [0.4, 0.5) is 0 Å². The molecule has 4 nitrogen and oxygen atoms in total. The van der Waals surface area contributed by atoms with Crippen LogP contribution in [0.5, 0.6) is 0 Å². The Morgan fingerprint density at radius 3 is 2.72 bits per heavy atom. The van der Waals surface area contributed by atoms with E-state index < -0.39 is 0 Å².